The number of allylic oxidation sites excluding steroid dienone is 2. The largest absolute Gasteiger partial charge is 0.387 e. The molecule has 3 aromatic heterocycles. The lowest BCUT2D eigenvalue weighted by molar-refractivity contribution is -0.137. The number of benzene rings is 2. The topological polar surface area (TPSA) is 197 Å². The number of ether oxygens (including phenoxy) is 1. The number of urea groups is 1. The van der Waals surface area contributed by atoms with Crippen molar-refractivity contribution in [2.75, 3.05) is 31.5 Å². The Kier molecular flexibility index (Phi) is 13.1. The molecule has 322 valence electrons. The highest BCUT2D eigenvalue weighted by Crippen LogP contribution is 2.34. The second-order valence-electron chi connectivity index (χ2n) is 16.2. The van der Waals surface area contributed by atoms with E-state index in [2.05, 4.69) is 67.8 Å². The lowest BCUT2D eigenvalue weighted by Crippen LogP contribution is -2.43. The molecule has 0 spiro atoms. The third kappa shape index (κ3) is 9.29. The number of aromatic nitrogens is 5. The number of carbonyl (C=O) groups excluding carboxylic acids is 3. The Morgan fingerprint density at radius 3 is 2.37 bits per heavy atom. The number of aliphatic hydroxyl groups is 2. The maximum absolute atomic E-state index is 14.4. The molecule has 0 saturated carbocycles. The Labute approximate surface area is 360 Å². The molecule has 2 unspecified atom stereocenters. The van der Waals surface area contributed by atoms with Crippen LogP contribution in [0.4, 0.5) is 10.6 Å². The molecule has 15 nitrogen and oxygen atoms in total. The van der Waals surface area contributed by atoms with E-state index in [1.54, 1.807) is 11.8 Å². The van der Waals surface area contributed by atoms with Gasteiger partial charge in [-0.3, -0.25) is 19.1 Å². The first kappa shape index (κ1) is 42.4. The van der Waals surface area contributed by atoms with Crippen LogP contribution in [-0.4, -0.2) is 108 Å². The van der Waals surface area contributed by atoms with E-state index in [4.69, 9.17) is 9.72 Å². The quantitative estimate of drug-likeness (QED) is 0.0567. The van der Waals surface area contributed by atoms with Crippen LogP contribution in [0.1, 0.15) is 78.6 Å². The zero-order valence-electron chi connectivity index (χ0n) is 34.8. The monoisotopic (exact) mass is 839 g/mol. The summed E-state index contributed by atoms with van der Waals surface area (Å²) >= 11 is 0. The highest BCUT2D eigenvalue weighted by atomic mass is 16.6. The van der Waals surface area contributed by atoms with Crippen molar-refractivity contribution in [2.24, 2.45) is 5.92 Å². The molecule has 15 heteroatoms. The summed E-state index contributed by atoms with van der Waals surface area (Å²) in [5.74, 6) is -1.40. The van der Waals surface area contributed by atoms with Crippen LogP contribution in [0.15, 0.2) is 115 Å². The molecule has 0 radical (unpaired) electrons. The Hall–Kier alpha value is -6.29. The predicted octanol–water partition coefficient (Wildman–Crippen LogP) is 5.10. The highest BCUT2D eigenvalue weighted by molar-refractivity contribution is 6.07. The van der Waals surface area contributed by atoms with Gasteiger partial charge in [0.15, 0.2) is 29.3 Å². The minimum atomic E-state index is -1.53. The Bertz CT molecular complexity index is 2370. The first-order valence-corrected chi connectivity index (χ1v) is 21.4. The fourth-order valence-corrected chi connectivity index (χ4v) is 8.66. The molecule has 5 heterocycles. The number of likely N-dealkylation sites (N-methyl/N-ethyl adjacent to an activating group) is 1. The minimum absolute atomic E-state index is 0.0305. The molecule has 0 bridgehead atoms. The number of carbonyl (C=O) groups is 3. The van der Waals surface area contributed by atoms with E-state index in [0.29, 0.717) is 38.1 Å². The summed E-state index contributed by atoms with van der Waals surface area (Å²) < 4.78 is 7.35. The van der Waals surface area contributed by atoms with Crippen LogP contribution in [0.2, 0.25) is 0 Å². The molecule has 3 aliphatic rings. The molecule has 6 atom stereocenters. The van der Waals surface area contributed by atoms with E-state index < -0.39 is 36.2 Å². The van der Waals surface area contributed by atoms with Gasteiger partial charge in [-0.1, -0.05) is 85.0 Å². The summed E-state index contributed by atoms with van der Waals surface area (Å²) in [6, 6.07) is 25.9. The number of anilines is 1. The summed E-state index contributed by atoms with van der Waals surface area (Å²) in [7, 11) is 0. The molecule has 8 rings (SSSR count). The lowest BCUT2D eigenvalue weighted by Gasteiger charge is -2.23. The van der Waals surface area contributed by atoms with Crippen LogP contribution in [0.25, 0.3) is 11.2 Å². The number of imidazole rings is 1. The van der Waals surface area contributed by atoms with Crippen molar-refractivity contribution in [1.82, 2.24) is 40.0 Å². The molecule has 2 aromatic carbocycles. The average molecular weight is 840 g/mol. The average Bonchev–Trinajstić information content (AvgIpc) is 3.99. The van der Waals surface area contributed by atoms with Gasteiger partial charge in [-0.15, -0.1) is 0 Å². The van der Waals surface area contributed by atoms with Gasteiger partial charge in [0.05, 0.1) is 6.33 Å². The predicted molar refractivity (Wildman–Crippen MR) is 233 cm³/mol. The van der Waals surface area contributed by atoms with Gasteiger partial charge in [0.2, 0.25) is 11.6 Å². The summed E-state index contributed by atoms with van der Waals surface area (Å²) in [4.78, 5) is 60.9. The summed E-state index contributed by atoms with van der Waals surface area (Å²) in [6.45, 7) is 7.41. The van der Waals surface area contributed by atoms with Gasteiger partial charge in [-0.05, 0) is 62.3 Å². The number of hydrogen-bond donors (Lipinski definition) is 5. The number of nitrogens with one attached hydrogen (secondary N) is 3. The fraction of sp³-hybridized carbons (Fsp3) is 0.383. The lowest BCUT2D eigenvalue weighted by atomic mass is 9.91. The number of pyridine rings is 1. The Balaban J connectivity index is 1.01. The number of likely N-dealkylation sites (tertiary alicyclic amines) is 1. The highest BCUT2D eigenvalue weighted by Gasteiger charge is 2.48. The number of aliphatic hydroxyl groups excluding tert-OH is 2. The molecule has 3 amide bonds. The zero-order valence-corrected chi connectivity index (χ0v) is 34.8. The SMILES string of the molecule is C=C(C(=O)c1nc(NCC(c2ccccc2)c2ccccc2)c2ncn([C@@H]3O[C@H](C(=O)NCC)[C@@H](O)[C@H]3O)c2n1)C1CCN(C(=O)NC2CCC=C(Cc3ccccn3)CC2)C1. The Morgan fingerprint density at radius 2 is 1.66 bits per heavy atom. The maximum Gasteiger partial charge on any atom is 0.317 e. The number of hydrogen-bond acceptors (Lipinski definition) is 11. The van der Waals surface area contributed by atoms with Gasteiger partial charge >= 0.3 is 6.03 Å². The Morgan fingerprint density at radius 1 is 0.919 bits per heavy atom. The van der Waals surface area contributed by atoms with Crippen LogP contribution in [0.3, 0.4) is 0 Å². The van der Waals surface area contributed by atoms with Crippen molar-refractivity contribution in [1.29, 1.82) is 0 Å². The van der Waals surface area contributed by atoms with Crippen LogP contribution in [-0.2, 0) is 16.0 Å². The van der Waals surface area contributed by atoms with E-state index in [1.807, 2.05) is 60.8 Å². The zero-order chi connectivity index (χ0) is 43.2. The van der Waals surface area contributed by atoms with Gasteiger partial charge < -0.3 is 35.8 Å². The molecule has 62 heavy (non-hydrogen) atoms. The van der Waals surface area contributed by atoms with Crippen LogP contribution in [0, 0.1) is 5.92 Å². The van der Waals surface area contributed by atoms with Crippen molar-refractivity contribution >= 4 is 34.7 Å². The summed E-state index contributed by atoms with van der Waals surface area (Å²) in [6.07, 6.45) is 4.62. The minimum Gasteiger partial charge on any atom is -0.387 e. The maximum atomic E-state index is 14.4. The van der Waals surface area contributed by atoms with E-state index in [0.717, 1.165) is 48.9 Å². The molecule has 5 N–H and O–H groups in total. The van der Waals surface area contributed by atoms with Gasteiger partial charge in [-0.25, -0.2) is 19.7 Å². The number of amides is 3. The van der Waals surface area contributed by atoms with E-state index >= 15 is 0 Å². The number of ketones is 1. The first-order chi connectivity index (χ1) is 30.2. The number of fused-ring (bicyclic) bond motifs is 1. The second-order valence-corrected chi connectivity index (χ2v) is 16.2. The summed E-state index contributed by atoms with van der Waals surface area (Å²) in [5.41, 5.74) is 5.21. The fourth-order valence-electron chi connectivity index (χ4n) is 8.66. The van der Waals surface area contributed by atoms with Crippen molar-refractivity contribution in [3.63, 3.8) is 0 Å². The molecule has 5 aromatic rings. The van der Waals surface area contributed by atoms with E-state index in [9.17, 15) is 24.6 Å². The molecular formula is C47H53N9O6. The molecule has 2 fully saturated rings. The standard InChI is InChI=1S/C47H53N9O6/c1-3-48-45(60)41-39(58)40(59)46(62-41)56-28-51-37-42(50-26-36(31-14-6-4-7-15-31)32-16-8-5-9-17-32)53-43(54-44(37)56)38(57)29(2)33-22-24-55(27-33)47(61)52-34-19-12-13-30(20-21-34)25-35-18-10-11-23-49-35/h4-11,13-18,23,28,33-34,36,39-41,46,58-59H,2-3,12,19-22,24-27H2,1H3,(H,48,60)(H,52,61)(H,50,53,54)/t33?,34?,39-,40+,41-,46+/m0/s1. The third-order valence-corrected chi connectivity index (χ3v) is 12.1. The van der Waals surface area contributed by atoms with Crippen molar-refractivity contribution in [3.05, 3.63) is 138 Å². The van der Waals surface area contributed by atoms with E-state index in [1.165, 1.54) is 16.5 Å². The van der Waals surface area contributed by atoms with Crippen LogP contribution < -0.4 is 16.0 Å². The molecular weight excluding hydrogens is 787 g/mol. The smallest absolute Gasteiger partial charge is 0.317 e. The normalized spacial score (nSPS) is 22.6. The van der Waals surface area contributed by atoms with Crippen molar-refractivity contribution in [2.45, 2.75) is 81.9 Å². The van der Waals surface area contributed by atoms with Crippen LogP contribution >= 0.6 is 0 Å². The van der Waals surface area contributed by atoms with Gasteiger partial charge in [0, 0.05) is 67.9 Å². The first-order valence-electron chi connectivity index (χ1n) is 21.4. The van der Waals surface area contributed by atoms with Gasteiger partial charge in [0.1, 0.15) is 12.2 Å². The summed E-state index contributed by atoms with van der Waals surface area (Å²) in [5, 5.41) is 31.3. The van der Waals surface area contributed by atoms with Crippen molar-refractivity contribution in [3.8, 4) is 0 Å². The molecule has 1 aliphatic carbocycles. The number of Topliss-reactive ketones (excluding diaryl/α,β-unsaturated/α-hetero) is 1. The molecule has 2 aliphatic heterocycles. The number of nitrogens with zero attached hydrogens (tertiary/aromatic N) is 6. The van der Waals surface area contributed by atoms with E-state index in [-0.39, 0.29) is 46.8 Å². The number of rotatable bonds is 14. The van der Waals surface area contributed by atoms with Crippen molar-refractivity contribution < 1.29 is 29.3 Å². The second kappa shape index (κ2) is 19.2. The van der Waals surface area contributed by atoms with Gasteiger partial charge in [0.25, 0.3) is 5.91 Å². The molecule has 2 saturated heterocycles. The van der Waals surface area contributed by atoms with Gasteiger partial charge in [-0.2, -0.15) is 0 Å². The third-order valence-electron chi connectivity index (χ3n) is 12.1. The van der Waals surface area contributed by atoms with Crippen LogP contribution in [0.5, 0.6) is 0 Å².